The Morgan fingerprint density at radius 1 is 1.50 bits per heavy atom. The molecule has 6 nitrogen and oxygen atoms in total. The van der Waals surface area contributed by atoms with E-state index in [4.69, 9.17) is 9.15 Å². The summed E-state index contributed by atoms with van der Waals surface area (Å²) < 4.78 is 11.2. The molecule has 0 unspecified atom stereocenters. The number of carbonyl (C=O) groups is 1. The van der Waals surface area contributed by atoms with E-state index in [0.29, 0.717) is 11.2 Å². The Morgan fingerprint density at radius 2 is 2.22 bits per heavy atom. The van der Waals surface area contributed by atoms with Crippen molar-refractivity contribution < 1.29 is 13.9 Å². The Kier molecular flexibility index (Phi) is 3.25. The average Bonchev–Trinajstić information content (AvgIpc) is 2.58. The number of nitrogens with zero attached hydrogens (tertiary/aromatic N) is 2. The average molecular weight is 314 g/mol. The molecule has 2 aromatic rings. The molecular formula is C11H12BrN3O3. The number of hydrogen-bond donors (Lipinski definition) is 1. The summed E-state index contributed by atoms with van der Waals surface area (Å²) in [4.78, 5) is 19.6. The molecule has 0 atom stereocenters. The zero-order valence-electron chi connectivity index (χ0n) is 10.2. The third-order valence-electron chi connectivity index (χ3n) is 1.85. The topological polar surface area (TPSA) is 77.2 Å². The first-order valence-corrected chi connectivity index (χ1v) is 6.05. The third kappa shape index (κ3) is 2.98. The molecule has 0 saturated carbocycles. The standard InChI is InChI=1S/C11H12BrN3O3/c1-11(2,3)18-10(16)15-9-14-8-7(17-9)6(12)4-5-13-8/h4-5H,1-3H3,(H,13,14,15,16). The number of oxazole rings is 1. The second-order valence-electron chi connectivity index (χ2n) is 4.59. The van der Waals surface area contributed by atoms with E-state index in [1.165, 1.54) is 0 Å². The molecule has 2 aromatic heterocycles. The highest BCUT2D eigenvalue weighted by Gasteiger charge is 2.18. The number of aromatic nitrogens is 2. The number of pyridine rings is 1. The number of nitrogens with one attached hydrogen (secondary N) is 1. The predicted octanol–water partition coefficient (Wildman–Crippen LogP) is 3.33. The van der Waals surface area contributed by atoms with Crippen LogP contribution in [-0.2, 0) is 4.74 Å². The van der Waals surface area contributed by atoms with Crippen molar-refractivity contribution in [2.75, 3.05) is 5.32 Å². The number of ether oxygens (including phenoxy) is 1. The van der Waals surface area contributed by atoms with Gasteiger partial charge in [-0.1, -0.05) is 0 Å². The van der Waals surface area contributed by atoms with Gasteiger partial charge in [0.25, 0.3) is 0 Å². The van der Waals surface area contributed by atoms with Crippen molar-refractivity contribution in [3.05, 3.63) is 16.7 Å². The lowest BCUT2D eigenvalue weighted by molar-refractivity contribution is 0.0632. The highest BCUT2D eigenvalue weighted by molar-refractivity contribution is 9.10. The van der Waals surface area contributed by atoms with Gasteiger partial charge in [-0.25, -0.2) is 15.1 Å². The summed E-state index contributed by atoms with van der Waals surface area (Å²) in [6.45, 7) is 5.32. The molecule has 96 valence electrons. The van der Waals surface area contributed by atoms with Crippen molar-refractivity contribution in [1.82, 2.24) is 9.97 Å². The quantitative estimate of drug-likeness (QED) is 0.873. The van der Waals surface area contributed by atoms with Crippen LogP contribution in [0.4, 0.5) is 10.8 Å². The highest BCUT2D eigenvalue weighted by atomic mass is 79.9. The fraction of sp³-hybridized carbons (Fsp3) is 0.364. The van der Waals surface area contributed by atoms with Gasteiger partial charge in [-0.3, -0.25) is 0 Å². The lowest BCUT2D eigenvalue weighted by Crippen LogP contribution is -2.27. The first-order chi connectivity index (χ1) is 8.35. The lowest BCUT2D eigenvalue weighted by Gasteiger charge is -2.18. The molecule has 1 N–H and O–H groups in total. The lowest BCUT2D eigenvalue weighted by atomic mass is 10.2. The Morgan fingerprint density at radius 3 is 2.83 bits per heavy atom. The molecule has 7 heteroatoms. The summed E-state index contributed by atoms with van der Waals surface area (Å²) in [5.74, 6) is 0. The van der Waals surface area contributed by atoms with Crippen LogP contribution in [0.1, 0.15) is 20.8 Å². The Hall–Kier alpha value is -1.63. The molecule has 0 radical (unpaired) electrons. The number of fused-ring (bicyclic) bond motifs is 1. The number of halogens is 1. The predicted molar refractivity (Wildman–Crippen MR) is 69.4 cm³/mol. The van der Waals surface area contributed by atoms with Gasteiger partial charge in [0.1, 0.15) is 5.60 Å². The zero-order chi connectivity index (χ0) is 13.3. The third-order valence-corrected chi connectivity index (χ3v) is 2.48. The monoisotopic (exact) mass is 313 g/mol. The molecule has 18 heavy (non-hydrogen) atoms. The summed E-state index contributed by atoms with van der Waals surface area (Å²) >= 11 is 3.31. The summed E-state index contributed by atoms with van der Waals surface area (Å²) in [6.07, 6.45) is 0.969. The molecule has 0 spiro atoms. The van der Waals surface area contributed by atoms with Crippen molar-refractivity contribution in [3.8, 4) is 0 Å². The summed E-state index contributed by atoms with van der Waals surface area (Å²) in [7, 11) is 0. The molecule has 2 heterocycles. The van der Waals surface area contributed by atoms with Gasteiger partial charge in [0.05, 0.1) is 4.47 Å². The van der Waals surface area contributed by atoms with Crippen LogP contribution in [-0.4, -0.2) is 21.7 Å². The molecule has 0 fully saturated rings. The first-order valence-electron chi connectivity index (χ1n) is 5.26. The fourth-order valence-corrected chi connectivity index (χ4v) is 1.62. The Labute approximate surface area is 112 Å². The zero-order valence-corrected chi connectivity index (χ0v) is 11.7. The minimum Gasteiger partial charge on any atom is -0.443 e. The Bertz CT molecular complexity index is 589. The fourth-order valence-electron chi connectivity index (χ4n) is 1.25. The van der Waals surface area contributed by atoms with E-state index in [2.05, 4.69) is 31.2 Å². The van der Waals surface area contributed by atoms with E-state index in [0.717, 1.165) is 4.47 Å². The molecule has 0 aliphatic carbocycles. The second-order valence-corrected chi connectivity index (χ2v) is 5.45. The molecular weight excluding hydrogens is 302 g/mol. The summed E-state index contributed by atoms with van der Waals surface area (Å²) in [6, 6.07) is 1.78. The number of amides is 1. The van der Waals surface area contributed by atoms with Crippen molar-refractivity contribution in [3.63, 3.8) is 0 Å². The van der Waals surface area contributed by atoms with Gasteiger partial charge in [0, 0.05) is 6.20 Å². The second kappa shape index (κ2) is 4.56. The molecule has 0 bridgehead atoms. The summed E-state index contributed by atoms with van der Waals surface area (Å²) in [5, 5.41) is 2.42. The summed E-state index contributed by atoms with van der Waals surface area (Å²) in [5.41, 5.74) is 0.313. The number of anilines is 1. The van der Waals surface area contributed by atoms with Crippen LogP contribution in [0.15, 0.2) is 21.2 Å². The van der Waals surface area contributed by atoms with E-state index in [1.54, 1.807) is 33.0 Å². The number of hydrogen-bond acceptors (Lipinski definition) is 5. The highest BCUT2D eigenvalue weighted by Crippen LogP contribution is 2.25. The van der Waals surface area contributed by atoms with Gasteiger partial charge in [0.2, 0.25) is 5.65 Å². The smallest absolute Gasteiger partial charge is 0.415 e. The molecule has 2 rings (SSSR count). The van der Waals surface area contributed by atoms with Crippen LogP contribution in [0.25, 0.3) is 11.2 Å². The maximum atomic E-state index is 11.5. The molecule has 0 aromatic carbocycles. The molecule has 0 saturated heterocycles. The van der Waals surface area contributed by atoms with Crippen molar-refractivity contribution in [1.29, 1.82) is 0 Å². The minimum atomic E-state index is -0.620. The van der Waals surface area contributed by atoms with Crippen LogP contribution in [0, 0.1) is 0 Å². The largest absolute Gasteiger partial charge is 0.443 e. The van der Waals surface area contributed by atoms with E-state index in [9.17, 15) is 4.79 Å². The van der Waals surface area contributed by atoms with E-state index in [1.807, 2.05) is 0 Å². The Balaban J connectivity index is 2.18. The number of carbonyl (C=O) groups excluding carboxylic acids is 1. The van der Waals surface area contributed by atoms with Crippen LogP contribution in [0.3, 0.4) is 0 Å². The van der Waals surface area contributed by atoms with Crippen LogP contribution < -0.4 is 5.32 Å². The van der Waals surface area contributed by atoms with Crippen molar-refractivity contribution in [2.24, 2.45) is 0 Å². The van der Waals surface area contributed by atoms with Gasteiger partial charge >= 0.3 is 12.1 Å². The maximum Gasteiger partial charge on any atom is 0.415 e. The first kappa shape index (κ1) is 12.8. The van der Waals surface area contributed by atoms with E-state index < -0.39 is 11.7 Å². The van der Waals surface area contributed by atoms with Gasteiger partial charge < -0.3 is 9.15 Å². The van der Waals surface area contributed by atoms with Crippen molar-refractivity contribution >= 4 is 39.3 Å². The van der Waals surface area contributed by atoms with Crippen LogP contribution in [0.5, 0.6) is 0 Å². The molecule has 0 aliphatic rings. The number of rotatable bonds is 1. The maximum absolute atomic E-state index is 11.5. The van der Waals surface area contributed by atoms with Crippen molar-refractivity contribution in [2.45, 2.75) is 26.4 Å². The van der Waals surface area contributed by atoms with Gasteiger partial charge in [0.15, 0.2) is 5.58 Å². The van der Waals surface area contributed by atoms with E-state index >= 15 is 0 Å². The van der Waals surface area contributed by atoms with Gasteiger partial charge in [-0.15, -0.1) is 0 Å². The SMILES string of the molecule is CC(C)(C)OC(=O)Nc1nc2nccc(Br)c2o1. The van der Waals surface area contributed by atoms with Gasteiger partial charge in [-0.2, -0.15) is 4.98 Å². The van der Waals surface area contributed by atoms with Crippen LogP contribution >= 0.6 is 15.9 Å². The van der Waals surface area contributed by atoms with E-state index in [-0.39, 0.29) is 6.01 Å². The molecule has 1 amide bonds. The van der Waals surface area contributed by atoms with Gasteiger partial charge in [-0.05, 0) is 42.8 Å². The molecule has 0 aliphatic heterocycles. The minimum absolute atomic E-state index is 0.0543. The normalized spacial score (nSPS) is 11.6. The van der Waals surface area contributed by atoms with Crippen LogP contribution in [0.2, 0.25) is 0 Å².